The summed E-state index contributed by atoms with van der Waals surface area (Å²) < 4.78 is 0. The second-order valence-electron chi connectivity index (χ2n) is 4.00. The molecule has 6 heteroatoms. The largest absolute Gasteiger partial charge is 0.352 e. The molecule has 2 heterocycles. The SMILES string of the molecule is C[C@@H](CN)NC(=O)Cc1csc(-c2cccs2)n1. The van der Waals surface area contributed by atoms with Crippen molar-refractivity contribution in [3.63, 3.8) is 0 Å². The van der Waals surface area contributed by atoms with Gasteiger partial charge in [0.05, 0.1) is 17.0 Å². The molecule has 2 aromatic heterocycles. The number of carbonyl (C=O) groups excluding carboxylic acids is 1. The Labute approximate surface area is 114 Å². The average Bonchev–Trinajstić information content (AvgIpc) is 2.98. The number of hydrogen-bond donors (Lipinski definition) is 2. The first-order chi connectivity index (χ1) is 8.69. The van der Waals surface area contributed by atoms with E-state index in [4.69, 9.17) is 5.73 Å². The van der Waals surface area contributed by atoms with E-state index in [0.29, 0.717) is 13.0 Å². The standard InChI is InChI=1S/C12H15N3OS2/c1-8(6-13)14-11(16)5-9-7-18-12(15-9)10-3-2-4-17-10/h2-4,7-8H,5-6,13H2,1H3,(H,14,16)/t8-/m0/s1. The molecule has 2 rings (SSSR count). The number of rotatable bonds is 5. The summed E-state index contributed by atoms with van der Waals surface area (Å²) in [4.78, 5) is 17.3. The number of carbonyl (C=O) groups is 1. The summed E-state index contributed by atoms with van der Waals surface area (Å²) in [5, 5.41) is 7.75. The van der Waals surface area contributed by atoms with Crippen LogP contribution < -0.4 is 11.1 Å². The maximum absolute atomic E-state index is 11.7. The molecular weight excluding hydrogens is 266 g/mol. The van der Waals surface area contributed by atoms with Crippen LogP contribution in [0.2, 0.25) is 0 Å². The van der Waals surface area contributed by atoms with E-state index in [0.717, 1.165) is 15.6 Å². The molecule has 1 amide bonds. The van der Waals surface area contributed by atoms with Gasteiger partial charge in [0.15, 0.2) is 0 Å². The molecule has 0 aliphatic heterocycles. The van der Waals surface area contributed by atoms with Crippen molar-refractivity contribution >= 4 is 28.6 Å². The molecule has 0 saturated carbocycles. The second kappa shape index (κ2) is 6.08. The summed E-state index contributed by atoms with van der Waals surface area (Å²) in [5.41, 5.74) is 6.27. The van der Waals surface area contributed by atoms with E-state index in [9.17, 15) is 4.79 Å². The maximum atomic E-state index is 11.7. The highest BCUT2D eigenvalue weighted by molar-refractivity contribution is 7.20. The van der Waals surface area contributed by atoms with Crippen molar-refractivity contribution in [2.45, 2.75) is 19.4 Å². The van der Waals surface area contributed by atoms with Crippen LogP contribution in [-0.4, -0.2) is 23.5 Å². The van der Waals surface area contributed by atoms with Crippen molar-refractivity contribution in [2.75, 3.05) is 6.54 Å². The first kappa shape index (κ1) is 13.2. The van der Waals surface area contributed by atoms with Crippen LogP contribution >= 0.6 is 22.7 Å². The van der Waals surface area contributed by atoms with Gasteiger partial charge in [0.2, 0.25) is 5.91 Å². The minimum atomic E-state index is -0.0315. The van der Waals surface area contributed by atoms with Crippen LogP contribution in [0.4, 0.5) is 0 Å². The van der Waals surface area contributed by atoms with Crippen molar-refractivity contribution in [1.29, 1.82) is 0 Å². The molecule has 0 radical (unpaired) electrons. The van der Waals surface area contributed by atoms with E-state index in [-0.39, 0.29) is 11.9 Å². The molecule has 4 nitrogen and oxygen atoms in total. The fraction of sp³-hybridized carbons (Fsp3) is 0.333. The lowest BCUT2D eigenvalue weighted by molar-refractivity contribution is -0.121. The van der Waals surface area contributed by atoms with Crippen LogP contribution in [0.25, 0.3) is 9.88 Å². The lowest BCUT2D eigenvalue weighted by atomic mass is 10.3. The molecular formula is C12H15N3OS2. The van der Waals surface area contributed by atoms with Gasteiger partial charge in [-0.25, -0.2) is 4.98 Å². The fourth-order valence-corrected chi connectivity index (χ4v) is 3.08. The summed E-state index contributed by atoms with van der Waals surface area (Å²) in [5.74, 6) is -0.0315. The van der Waals surface area contributed by atoms with Crippen molar-refractivity contribution in [3.05, 3.63) is 28.6 Å². The molecule has 3 N–H and O–H groups in total. The Morgan fingerprint density at radius 1 is 1.56 bits per heavy atom. The van der Waals surface area contributed by atoms with Crippen LogP contribution in [0.5, 0.6) is 0 Å². The molecule has 0 fully saturated rings. The van der Waals surface area contributed by atoms with Crippen LogP contribution in [-0.2, 0) is 11.2 Å². The van der Waals surface area contributed by atoms with E-state index >= 15 is 0 Å². The van der Waals surface area contributed by atoms with Crippen molar-refractivity contribution < 1.29 is 4.79 Å². The third-order valence-electron chi connectivity index (χ3n) is 2.39. The lowest BCUT2D eigenvalue weighted by Crippen LogP contribution is -2.38. The number of nitrogens with zero attached hydrogens (tertiary/aromatic N) is 1. The summed E-state index contributed by atoms with van der Waals surface area (Å²) in [6, 6.07) is 4.04. The van der Waals surface area contributed by atoms with Gasteiger partial charge in [-0.2, -0.15) is 0 Å². The number of nitrogens with one attached hydrogen (secondary N) is 1. The lowest BCUT2D eigenvalue weighted by Gasteiger charge is -2.09. The number of thiazole rings is 1. The summed E-state index contributed by atoms with van der Waals surface area (Å²) in [6.45, 7) is 2.33. The first-order valence-electron chi connectivity index (χ1n) is 5.66. The number of aromatic nitrogens is 1. The molecule has 0 aliphatic rings. The van der Waals surface area contributed by atoms with E-state index in [1.165, 1.54) is 0 Å². The van der Waals surface area contributed by atoms with E-state index in [1.807, 2.05) is 29.8 Å². The van der Waals surface area contributed by atoms with Crippen molar-refractivity contribution in [1.82, 2.24) is 10.3 Å². The number of nitrogens with two attached hydrogens (primary N) is 1. The van der Waals surface area contributed by atoms with Gasteiger partial charge in [-0.05, 0) is 18.4 Å². The predicted octanol–water partition coefficient (Wildman–Crippen LogP) is 1.88. The van der Waals surface area contributed by atoms with Crippen LogP contribution in [0.1, 0.15) is 12.6 Å². The zero-order chi connectivity index (χ0) is 13.0. The first-order valence-corrected chi connectivity index (χ1v) is 7.42. The number of hydrogen-bond acceptors (Lipinski definition) is 5. The highest BCUT2D eigenvalue weighted by Crippen LogP contribution is 2.27. The molecule has 96 valence electrons. The van der Waals surface area contributed by atoms with Gasteiger partial charge in [0, 0.05) is 18.0 Å². The summed E-state index contributed by atoms with van der Waals surface area (Å²) in [7, 11) is 0. The molecule has 0 spiro atoms. The average molecular weight is 281 g/mol. The monoisotopic (exact) mass is 281 g/mol. The predicted molar refractivity (Wildman–Crippen MR) is 75.8 cm³/mol. The van der Waals surface area contributed by atoms with Gasteiger partial charge < -0.3 is 11.1 Å². The summed E-state index contributed by atoms with van der Waals surface area (Å²) in [6.07, 6.45) is 0.312. The number of thiophene rings is 1. The normalized spacial score (nSPS) is 12.3. The molecule has 1 atom stereocenters. The smallest absolute Gasteiger partial charge is 0.226 e. The fourth-order valence-electron chi connectivity index (χ4n) is 1.45. The molecule has 0 bridgehead atoms. The van der Waals surface area contributed by atoms with Crippen LogP contribution in [0.15, 0.2) is 22.9 Å². The topological polar surface area (TPSA) is 68.0 Å². The molecule has 0 saturated heterocycles. The third kappa shape index (κ3) is 3.38. The number of amides is 1. The molecule has 18 heavy (non-hydrogen) atoms. The highest BCUT2D eigenvalue weighted by Gasteiger charge is 2.10. The highest BCUT2D eigenvalue weighted by atomic mass is 32.1. The van der Waals surface area contributed by atoms with Crippen LogP contribution in [0, 0.1) is 0 Å². The van der Waals surface area contributed by atoms with E-state index in [1.54, 1.807) is 22.7 Å². The van der Waals surface area contributed by atoms with Crippen molar-refractivity contribution in [3.8, 4) is 9.88 Å². The Kier molecular flexibility index (Phi) is 4.46. The minimum absolute atomic E-state index is 0.00732. The zero-order valence-electron chi connectivity index (χ0n) is 10.1. The van der Waals surface area contributed by atoms with Gasteiger partial charge >= 0.3 is 0 Å². The summed E-state index contributed by atoms with van der Waals surface area (Å²) >= 11 is 3.22. The second-order valence-corrected chi connectivity index (χ2v) is 5.81. The zero-order valence-corrected chi connectivity index (χ0v) is 11.7. The van der Waals surface area contributed by atoms with Gasteiger partial charge in [0.25, 0.3) is 0 Å². The Balaban J connectivity index is 1.97. The third-order valence-corrected chi connectivity index (χ3v) is 4.32. The Bertz CT molecular complexity index is 507. The quantitative estimate of drug-likeness (QED) is 0.879. The Hall–Kier alpha value is -1.24. The van der Waals surface area contributed by atoms with Gasteiger partial charge in [0.1, 0.15) is 5.01 Å². The molecule has 0 aromatic carbocycles. The van der Waals surface area contributed by atoms with Gasteiger partial charge in [-0.1, -0.05) is 6.07 Å². The van der Waals surface area contributed by atoms with Crippen molar-refractivity contribution in [2.24, 2.45) is 5.73 Å². The molecule has 2 aromatic rings. The van der Waals surface area contributed by atoms with Gasteiger partial charge in [-0.3, -0.25) is 4.79 Å². The van der Waals surface area contributed by atoms with E-state index < -0.39 is 0 Å². The minimum Gasteiger partial charge on any atom is -0.352 e. The Morgan fingerprint density at radius 2 is 2.39 bits per heavy atom. The maximum Gasteiger partial charge on any atom is 0.226 e. The molecule has 0 aliphatic carbocycles. The van der Waals surface area contributed by atoms with Crippen LogP contribution in [0.3, 0.4) is 0 Å². The molecule has 0 unspecified atom stereocenters. The van der Waals surface area contributed by atoms with E-state index in [2.05, 4.69) is 10.3 Å². The Morgan fingerprint density at radius 3 is 3.06 bits per heavy atom. The van der Waals surface area contributed by atoms with Gasteiger partial charge in [-0.15, -0.1) is 22.7 Å².